The molecule has 1 rings (SSSR count). The van der Waals surface area contributed by atoms with Crippen LogP contribution in [0.1, 0.15) is 18.9 Å². The van der Waals surface area contributed by atoms with Crippen LogP contribution in [0.5, 0.6) is 5.75 Å². The second kappa shape index (κ2) is 5.53. The first-order chi connectivity index (χ1) is 7.44. The minimum absolute atomic E-state index is 0.220. The maximum atomic E-state index is 9.69. The monoisotopic (exact) mass is 243 g/mol. The van der Waals surface area contributed by atoms with Crippen molar-refractivity contribution in [3.05, 3.63) is 28.8 Å². The van der Waals surface area contributed by atoms with Crippen LogP contribution in [0, 0.1) is 6.92 Å². The van der Waals surface area contributed by atoms with E-state index in [4.69, 9.17) is 22.1 Å². The van der Waals surface area contributed by atoms with E-state index in [1.165, 1.54) is 0 Å². The Morgan fingerprint density at radius 3 is 2.81 bits per heavy atom. The Hall–Kier alpha value is -0.770. The Bertz CT molecular complexity index is 353. The van der Waals surface area contributed by atoms with Crippen LogP contribution in [-0.4, -0.2) is 23.9 Å². The van der Waals surface area contributed by atoms with E-state index in [0.717, 1.165) is 5.56 Å². The van der Waals surface area contributed by atoms with Crippen LogP contribution < -0.4 is 10.5 Å². The van der Waals surface area contributed by atoms with E-state index in [1.54, 1.807) is 13.0 Å². The van der Waals surface area contributed by atoms with Crippen LogP contribution >= 0.6 is 11.6 Å². The first-order valence-electron chi connectivity index (χ1n) is 5.26. The molecule has 0 saturated heterocycles. The second-order valence-electron chi connectivity index (χ2n) is 4.23. The summed E-state index contributed by atoms with van der Waals surface area (Å²) in [6.07, 6.45) is 0.480. The number of hydrogen-bond acceptors (Lipinski definition) is 3. The van der Waals surface area contributed by atoms with Crippen molar-refractivity contribution >= 4 is 11.6 Å². The van der Waals surface area contributed by atoms with Gasteiger partial charge in [-0.05, 0) is 31.5 Å². The van der Waals surface area contributed by atoms with Gasteiger partial charge in [0, 0.05) is 13.0 Å². The topological polar surface area (TPSA) is 55.5 Å². The molecule has 90 valence electrons. The summed E-state index contributed by atoms with van der Waals surface area (Å²) >= 11 is 5.97. The summed E-state index contributed by atoms with van der Waals surface area (Å²) in [4.78, 5) is 0. The highest BCUT2D eigenvalue weighted by Gasteiger charge is 2.17. The Morgan fingerprint density at radius 2 is 2.19 bits per heavy atom. The summed E-state index contributed by atoms with van der Waals surface area (Å²) in [7, 11) is 0. The first-order valence-corrected chi connectivity index (χ1v) is 5.64. The number of hydrogen-bond donors (Lipinski definition) is 2. The zero-order chi connectivity index (χ0) is 12.2. The van der Waals surface area contributed by atoms with E-state index in [9.17, 15) is 5.11 Å². The second-order valence-corrected chi connectivity index (χ2v) is 4.64. The molecular weight excluding hydrogens is 226 g/mol. The van der Waals surface area contributed by atoms with Gasteiger partial charge in [0.05, 0.1) is 17.2 Å². The molecule has 1 aromatic rings. The summed E-state index contributed by atoms with van der Waals surface area (Å²) in [5, 5.41) is 10.3. The van der Waals surface area contributed by atoms with Crippen LogP contribution in [0.25, 0.3) is 0 Å². The molecule has 1 aromatic carbocycles. The standard InChI is InChI=1S/C12H18ClNO2/c1-9-3-4-10(13)11(7-9)16-6-5-12(2,15)8-14/h3-4,7,15H,5-6,8,14H2,1-2H3. The molecule has 3 nitrogen and oxygen atoms in total. The summed E-state index contributed by atoms with van der Waals surface area (Å²) in [6, 6.07) is 5.60. The molecule has 16 heavy (non-hydrogen) atoms. The Balaban J connectivity index is 2.52. The lowest BCUT2D eigenvalue weighted by molar-refractivity contribution is 0.0453. The molecule has 0 aliphatic carbocycles. The van der Waals surface area contributed by atoms with Crippen molar-refractivity contribution in [2.75, 3.05) is 13.2 Å². The molecule has 0 aromatic heterocycles. The third-order valence-corrected chi connectivity index (χ3v) is 2.74. The molecule has 0 saturated carbocycles. The van der Waals surface area contributed by atoms with Gasteiger partial charge in [-0.15, -0.1) is 0 Å². The average Bonchev–Trinajstić information content (AvgIpc) is 2.23. The molecule has 4 heteroatoms. The number of ether oxygens (including phenoxy) is 1. The number of rotatable bonds is 5. The third-order valence-electron chi connectivity index (χ3n) is 2.42. The lowest BCUT2D eigenvalue weighted by atomic mass is 10.0. The predicted octanol–water partition coefficient (Wildman–Crippen LogP) is 2.13. The molecule has 0 fully saturated rings. The molecule has 1 atom stereocenters. The van der Waals surface area contributed by atoms with Gasteiger partial charge in [0.1, 0.15) is 5.75 Å². The number of benzene rings is 1. The van der Waals surface area contributed by atoms with Gasteiger partial charge < -0.3 is 15.6 Å². The quantitative estimate of drug-likeness (QED) is 0.833. The van der Waals surface area contributed by atoms with Gasteiger partial charge in [-0.3, -0.25) is 0 Å². The van der Waals surface area contributed by atoms with E-state index in [2.05, 4.69) is 0 Å². The molecule has 0 spiro atoms. The van der Waals surface area contributed by atoms with Crippen molar-refractivity contribution in [2.45, 2.75) is 25.9 Å². The Labute approximate surface area is 101 Å². The van der Waals surface area contributed by atoms with Gasteiger partial charge in [-0.25, -0.2) is 0 Å². The van der Waals surface area contributed by atoms with Gasteiger partial charge in [0.25, 0.3) is 0 Å². The lowest BCUT2D eigenvalue weighted by Gasteiger charge is -2.21. The Kier molecular flexibility index (Phi) is 4.59. The summed E-state index contributed by atoms with van der Waals surface area (Å²) < 4.78 is 5.51. The fraction of sp³-hybridized carbons (Fsp3) is 0.500. The van der Waals surface area contributed by atoms with Gasteiger partial charge in [-0.2, -0.15) is 0 Å². The Morgan fingerprint density at radius 1 is 1.50 bits per heavy atom. The number of aryl methyl sites for hydroxylation is 1. The molecule has 0 aliphatic heterocycles. The highest BCUT2D eigenvalue weighted by Crippen LogP contribution is 2.25. The molecule has 0 bridgehead atoms. The fourth-order valence-electron chi connectivity index (χ4n) is 1.20. The molecule has 0 radical (unpaired) electrons. The number of aliphatic hydroxyl groups is 1. The van der Waals surface area contributed by atoms with E-state index >= 15 is 0 Å². The van der Waals surface area contributed by atoms with Crippen LogP contribution in [0.3, 0.4) is 0 Å². The minimum Gasteiger partial charge on any atom is -0.492 e. The molecule has 0 amide bonds. The summed E-state index contributed by atoms with van der Waals surface area (Å²) in [5.74, 6) is 0.648. The van der Waals surface area contributed by atoms with Crippen LogP contribution in [0.2, 0.25) is 5.02 Å². The maximum absolute atomic E-state index is 9.69. The van der Waals surface area contributed by atoms with Crippen molar-refractivity contribution in [3.8, 4) is 5.75 Å². The largest absolute Gasteiger partial charge is 0.492 e. The van der Waals surface area contributed by atoms with Crippen LogP contribution in [0.15, 0.2) is 18.2 Å². The molecule has 3 N–H and O–H groups in total. The highest BCUT2D eigenvalue weighted by atomic mass is 35.5. The average molecular weight is 244 g/mol. The van der Waals surface area contributed by atoms with Gasteiger partial charge in [0.15, 0.2) is 0 Å². The third kappa shape index (κ3) is 4.00. The van der Waals surface area contributed by atoms with Crippen molar-refractivity contribution < 1.29 is 9.84 Å². The normalized spacial score (nSPS) is 14.6. The molecule has 1 unspecified atom stereocenters. The predicted molar refractivity (Wildman–Crippen MR) is 66.0 cm³/mol. The van der Waals surface area contributed by atoms with Crippen molar-refractivity contribution in [3.63, 3.8) is 0 Å². The summed E-state index contributed by atoms with van der Waals surface area (Å²) in [6.45, 7) is 4.28. The van der Waals surface area contributed by atoms with E-state index in [-0.39, 0.29) is 6.54 Å². The SMILES string of the molecule is Cc1ccc(Cl)c(OCCC(C)(O)CN)c1. The fourth-order valence-corrected chi connectivity index (χ4v) is 1.38. The summed E-state index contributed by atoms with van der Waals surface area (Å²) in [5.41, 5.74) is 5.62. The van der Waals surface area contributed by atoms with Crippen molar-refractivity contribution in [2.24, 2.45) is 5.73 Å². The number of nitrogens with two attached hydrogens (primary N) is 1. The van der Waals surface area contributed by atoms with Crippen LogP contribution in [-0.2, 0) is 0 Å². The van der Waals surface area contributed by atoms with Gasteiger partial charge in [0.2, 0.25) is 0 Å². The number of halogens is 1. The van der Waals surface area contributed by atoms with Gasteiger partial charge >= 0.3 is 0 Å². The zero-order valence-corrected chi connectivity index (χ0v) is 10.4. The molecule has 0 aliphatic rings. The van der Waals surface area contributed by atoms with E-state index in [1.807, 2.05) is 19.1 Å². The maximum Gasteiger partial charge on any atom is 0.138 e. The molecular formula is C12H18ClNO2. The zero-order valence-electron chi connectivity index (χ0n) is 9.66. The van der Waals surface area contributed by atoms with Gasteiger partial charge in [-0.1, -0.05) is 17.7 Å². The van der Waals surface area contributed by atoms with E-state index in [0.29, 0.717) is 23.8 Å². The first kappa shape index (κ1) is 13.3. The lowest BCUT2D eigenvalue weighted by Crippen LogP contribution is -2.35. The minimum atomic E-state index is -0.879. The van der Waals surface area contributed by atoms with Crippen molar-refractivity contribution in [1.29, 1.82) is 0 Å². The molecule has 0 heterocycles. The van der Waals surface area contributed by atoms with Crippen LogP contribution in [0.4, 0.5) is 0 Å². The van der Waals surface area contributed by atoms with Crippen molar-refractivity contribution in [1.82, 2.24) is 0 Å². The highest BCUT2D eigenvalue weighted by molar-refractivity contribution is 6.32. The van der Waals surface area contributed by atoms with E-state index < -0.39 is 5.60 Å². The smallest absolute Gasteiger partial charge is 0.138 e.